The molecule has 3 nitrogen and oxygen atoms in total. The smallest absolute Gasteiger partial charge is 0.399 e. The lowest BCUT2D eigenvalue weighted by atomic mass is 10.5. The Morgan fingerprint density at radius 1 is 1.45 bits per heavy atom. The molecule has 0 aliphatic heterocycles. The summed E-state index contributed by atoms with van der Waals surface area (Å²) in [6.07, 6.45) is -2.47. The third kappa shape index (κ3) is 2.83. The zero-order chi connectivity index (χ0) is 8.32. The molecule has 0 bridgehead atoms. The average Bonchev–Trinajstić information content (AvgIpc) is 1.85. The maximum Gasteiger partial charge on any atom is 0.573 e. The van der Waals surface area contributed by atoms with Crippen molar-refractivity contribution < 1.29 is 23.0 Å². The van der Waals surface area contributed by atoms with Gasteiger partial charge in [-0.1, -0.05) is 0 Å². The fourth-order valence-electron chi connectivity index (χ4n) is 0.500. The molecule has 1 aromatic rings. The zero-order valence-corrected chi connectivity index (χ0v) is 5.22. The minimum absolute atomic E-state index is 0.312. The molecule has 0 radical (unpaired) electrons. The number of hydrogen-bond donors (Lipinski definition) is 0. The topological polar surface area (TPSA) is 36.3 Å². The van der Waals surface area contributed by atoms with Crippen LogP contribution < -0.4 is 9.84 Å². The van der Waals surface area contributed by atoms with Crippen LogP contribution in [0.25, 0.3) is 0 Å². The summed E-state index contributed by atoms with van der Waals surface area (Å²) >= 11 is 0. The molecule has 0 amide bonds. The van der Waals surface area contributed by atoms with E-state index in [2.05, 4.69) is 14.9 Å². The third-order valence-electron chi connectivity index (χ3n) is 0.828. The van der Waals surface area contributed by atoms with E-state index in [1.807, 2.05) is 0 Å². The molecule has 0 saturated heterocycles. The van der Waals surface area contributed by atoms with Gasteiger partial charge in [0, 0.05) is 6.07 Å². The summed E-state index contributed by atoms with van der Waals surface area (Å²) in [7, 11) is 0. The zero-order valence-electron chi connectivity index (χ0n) is 5.22. The Bertz CT molecular complexity index is 223. The number of aromatic amines is 1. The molecule has 60 valence electrons. The predicted molar refractivity (Wildman–Crippen MR) is 27.5 cm³/mol. The SMILES string of the molecule is FC(F)(F)Oc1ccn[nH+]c1. The number of alkyl halides is 3. The first-order valence-electron chi connectivity index (χ1n) is 2.66. The van der Waals surface area contributed by atoms with E-state index in [-0.39, 0.29) is 5.75 Å². The number of aromatic nitrogens is 2. The Labute approximate surface area is 59.8 Å². The maximum atomic E-state index is 11.5. The number of halogens is 3. The first kappa shape index (κ1) is 7.77. The van der Waals surface area contributed by atoms with Crippen molar-refractivity contribution in [2.75, 3.05) is 0 Å². The average molecular weight is 165 g/mol. The molecule has 11 heavy (non-hydrogen) atoms. The van der Waals surface area contributed by atoms with E-state index in [9.17, 15) is 13.2 Å². The van der Waals surface area contributed by atoms with Gasteiger partial charge in [0.2, 0.25) is 6.20 Å². The van der Waals surface area contributed by atoms with Gasteiger partial charge in [0.1, 0.15) is 0 Å². The lowest BCUT2D eigenvalue weighted by Crippen LogP contribution is -2.19. The van der Waals surface area contributed by atoms with Crippen LogP contribution in [0.3, 0.4) is 0 Å². The molecule has 0 fully saturated rings. The second-order valence-electron chi connectivity index (χ2n) is 1.67. The van der Waals surface area contributed by atoms with Crippen LogP contribution >= 0.6 is 0 Å². The third-order valence-corrected chi connectivity index (χ3v) is 0.828. The molecule has 1 heterocycles. The summed E-state index contributed by atoms with van der Waals surface area (Å²) in [5.74, 6) is -0.312. The van der Waals surface area contributed by atoms with Gasteiger partial charge in [0.25, 0.3) is 0 Å². The number of nitrogens with zero attached hydrogens (tertiary/aromatic N) is 1. The van der Waals surface area contributed by atoms with Crippen LogP contribution in [0.15, 0.2) is 18.5 Å². The number of nitrogens with one attached hydrogen (secondary N) is 1. The van der Waals surface area contributed by atoms with Crippen molar-refractivity contribution in [3.8, 4) is 5.75 Å². The summed E-state index contributed by atoms with van der Waals surface area (Å²) in [6, 6.07) is 1.10. The summed E-state index contributed by atoms with van der Waals surface area (Å²) in [5, 5.41) is 5.61. The van der Waals surface area contributed by atoms with E-state index in [0.29, 0.717) is 0 Å². The van der Waals surface area contributed by atoms with Crippen molar-refractivity contribution in [2.45, 2.75) is 6.36 Å². The molecule has 1 N–H and O–H groups in total. The molecular weight excluding hydrogens is 161 g/mol. The lowest BCUT2D eigenvalue weighted by Gasteiger charge is -2.04. The van der Waals surface area contributed by atoms with Crippen LogP contribution in [0.2, 0.25) is 0 Å². The number of rotatable bonds is 1. The highest BCUT2D eigenvalue weighted by molar-refractivity contribution is 5.10. The standard InChI is InChI=1S/C5H3F3N2O/c6-5(7,8)11-4-1-2-9-10-3-4/h1-3H/p+1. The van der Waals surface area contributed by atoms with E-state index in [1.54, 1.807) is 0 Å². The van der Waals surface area contributed by atoms with Crippen LogP contribution in [0, 0.1) is 0 Å². The highest BCUT2D eigenvalue weighted by atomic mass is 19.4. The molecule has 0 aliphatic carbocycles. The van der Waals surface area contributed by atoms with Gasteiger partial charge in [-0.2, -0.15) is 0 Å². The highest BCUT2D eigenvalue weighted by Crippen LogP contribution is 2.19. The minimum Gasteiger partial charge on any atom is -0.399 e. The Hall–Kier alpha value is -1.33. The van der Waals surface area contributed by atoms with E-state index in [0.717, 1.165) is 12.3 Å². The molecule has 0 spiro atoms. The summed E-state index contributed by atoms with van der Waals surface area (Å²) in [4.78, 5) is 0. The van der Waals surface area contributed by atoms with E-state index < -0.39 is 6.36 Å². The Kier molecular flexibility index (Phi) is 1.93. The normalized spacial score (nSPS) is 11.2. The Balaban J connectivity index is 2.66. The van der Waals surface area contributed by atoms with Crippen LogP contribution in [0.5, 0.6) is 5.75 Å². The molecule has 0 aromatic carbocycles. The first-order chi connectivity index (χ1) is 5.08. The fourth-order valence-corrected chi connectivity index (χ4v) is 0.500. The van der Waals surface area contributed by atoms with E-state index in [1.165, 1.54) is 6.20 Å². The van der Waals surface area contributed by atoms with Crippen molar-refractivity contribution in [3.63, 3.8) is 0 Å². The van der Waals surface area contributed by atoms with Gasteiger partial charge < -0.3 is 4.74 Å². The molecule has 0 aliphatic rings. The molecule has 6 heteroatoms. The second kappa shape index (κ2) is 2.73. The molecule has 1 rings (SSSR count). The van der Waals surface area contributed by atoms with Gasteiger partial charge in [-0.3, -0.25) is 0 Å². The molecule has 0 unspecified atom stereocenters. The second-order valence-corrected chi connectivity index (χ2v) is 1.67. The van der Waals surface area contributed by atoms with E-state index >= 15 is 0 Å². The minimum atomic E-state index is -4.64. The molecular formula is C5H4F3N2O+. The monoisotopic (exact) mass is 165 g/mol. The van der Waals surface area contributed by atoms with Crippen molar-refractivity contribution in [3.05, 3.63) is 18.5 Å². The van der Waals surface area contributed by atoms with Gasteiger partial charge in [0.05, 0.1) is 6.20 Å². The summed E-state index contributed by atoms with van der Waals surface area (Å²) in [5.41, 5.74) is 0. The largest absolute Gasteiger partial charge is 0.573 e. The van der Waals surface area contributed by atoms with Crippen molar-refractivity contribution >= 4 is 0 Å². The highest BCUT2D eigenvalue weighted by Gasteiger charge is 2.31. The quantitative estimate of drug-likeness (QED) is 0.616. The Morgan fingerprint density at radius 3 is 2.64 bits per heavy atom. The summed E-state index contributed by atoms with van der Waals surface area (Å²) in [6.45, 7) is 0. The molecule has 0 atom stereocenters. The van der Waals surface area contributed by atoms with Crippen molar-refractivity contribution in [1.82, 2.24) is 5.10 Å². The van der Waals surface area contributed by atoms with Crippen LogP contribution in [0.4, 0.5) is 13.2 Å². The van der Waals surface area contributed by atoms with Gasteiger partial charge in [0.15, 0.2) is 5.75 Å². The van der Waals surface area contributed by atoms with Gasteiger partial charge >= 0.3 is 6.36 Å². The van der Waals surface area contributed by atoms with Crippen LogP contribution in [-0.4, -0.2) is 11.5 Å². The first-order valence-corrected chi connectivity index (χ1v) is 2.66. The van der Waals surface area contributed by atoms with Crippen LogP contribution in [0.1, 0.15) is 0 Å². The Morgan fingerprint density at radius 2 is 2.18 bits per heavy atom. The van der Waals surface area contributed by atoms with Gasteiger partial charge in [-0.15, -0.1) is 18.3 Å². The molecule has 1 aromatic heterocycles. The predicted octanol–water partition coefficient (Wildman–Crippen LogP) is 0.794. The van der Waals surface area contributed by atoms with Crippen LogP contribution in [-0.2, 0) is 0 Å². The number of hydrogen-bond acceptors (Lipinski definition) is 2. The maximum absolute atomic E-state index is 11.5. The summed E-state index contributed by atoms with van der Waals surface area (Å²) < 4.78 is 38.0. The number of ether oxygens (including phenoxy) is 1. The van der Waals surface area contributed by atoms with Crippen molar-refractivity contribution in [1.29, 1.82) is 0 Å². The lowest BCUT2D eigenvalue weighted by molar-refractivity contribution is -0.457. The van der Waals surface area contributed by atoms with Gasteiger partial charge in [-0.05, 0) is 5.10 Å². The van der Waals surface area contributed by atoms with Crippen molar-refractivity contribution in [2.24, 2.45) is 0 Å². The fraction of sp³-hybridized carbons (Fsp3) is 0.200. The number of H-pyrrole nitrogens is 1. The van der Waals surface area contributed by atoms with Gasteiger partial charge in [-0.25, -0.2) is 0 Å². The van der Waals surface area contributed by atoms with E-state index in [4.69, 9.17) is 0 Å². The molecule has 0 saturated carbocycles.